The zero-order valence-corrected chi connectivity index (χ0v) is 16.0. The molecule has 0 aliphatic carbocycles. The zero-order chi connectivity index (χ0) is 20.3. The molecule has 28 heavy (non-hydrogen) atoms. The predicted octanol–water partition coefficient (Wildman–Crippen LogP) is 5.15. The number of rotatable bonds is 5. The van der Waals surface area contributed by atoms with Gasteiger partial charge in [-0.3, -0.25) is 4.21 Å². The van der Waals surface area contributed by atoms with Crippen molar-refractivity contribution in [3.05, 3.63) is 66.2 Å². The molecule has 3 aromatic rings. The smallest absolute Gasteiger partial charge is 0.437 e. The Hall–Kier alpha value is -2.36. The molecule has 3 aromatic carbocycles. The van der Waals surface area contributed by atoms with E-state index in [1.807, 2.05) is 0 Å². The first-order valence-corrected chi connectivity index (χ1v) is 10.2. The third-order valence-electron chi connectivity index (χ3n) is 3.88. The zero-order valence-electron chi connectivity index (χ0n) is 14.4. The Morgan fingerprint density at radius 2 is 1.75 bits per heavy atom. The molecule has 0 saturated carbocycles. The highest BCUT2D eigenvalue weighted by molar-refractivity contribution is 7.98. The van der Waals surface area contributed by atoms with E-state index in [-0.39, 0.29) is 16.2 Å². The van der Waals surface area contributed by atoms with Crippen LogP contribution in [0.1, 0.15) is 5.56 Å². The first-order chi connectivity index (χ1) is 13.3. The van der Waals surface area contributed by atoms with Crippen molar-refractivity contribution in [2.45, 2.75) is 16.0 Å². The van der Waals surface area contributed by atoms with Gasteiger partial charge in [0, 0.05) is 15.8 Å². The summed E-state index contributed by atoms with van der Waals surface area (Å²) in [6.45, 7) is 0. The number of hydrogen-bond acceptors (Lipinski definition) is 5. The van der Waals surface area contributed by atoms with Crippen LogP contribution in [0.15, 0.2) is 75.6 Å². The molecule has 0 aromatic heterocycles. The molecule has 0 N–H and O–H groups in total. The number of benzene rings is 3. The summed E-state index contributed by atoms with van der Waals surface area (Å²) in [5, 5.41) is 4.20. The fraction of sp³-hybridized carbons (Fsp3) is 0.105. The van der Waals surface area contributed by atoms with Crippen molar-refractivity contribution in [1.29, 1.82) is 0 Å². The Balaban J connectivity index is 2.05. The van der Waals surface area contributed by atoms with Crippen molar-refractivity contribution < 1.29 is 26.8 Å². The van der Waals surface area contributed by atoms with E-state index in [0.29, 0.717) is 10.8 Å². The SMILES string of the molecule is CSc1ccc(C(=NOc2ccc3ccccc3c2S(=O)[O-])C(F)(F)F)cc1. The van der Waals surface area contributed by atoms with E-state index >= 15 is 0 Å². The van der Waals surface area contributed by atoms with Gasteiger partial charge in [0.25, 0.3) is 0 Å². The van der Waals surface area contributed by atoms with Gasteiger partial charge in [-0.05, 0) is 40.9 Å². The molecular weight excluding hydrogens is 411 g/mol. The maximum Gasteiger partial charge on any atom is 0.437 e. The largest absolute Gasteiger partial charge is 0.768 e. The number of fused-ring (bicyclic) bond motifs is 1. The van der Waals surface area contributed by atoms with Crippen LogP contribution in [0.25, 0.3) is 10.8 Å². The van der Waals surface area contributed by atoms with E-state index < -0.39 is 23.0 Å². The Kier molecular flexibility index (Phi) is 6.07. The van der Waals surface area contributed by atoms with E-state index in [1.165, 1.54) is 42.1 Å². The first kappa shape index (κ1) is 20.4. The second-order valence-corrected chi connectivity index (χ2v) is 7.36. The van der Waals surface area contributed by atoms with E-state index in [9.17, 15) is 21.9 Å². The summed E-state index contributed by atoms with van der Waals surface area (Å²) in [5.74, 6) is -0.283. The highest BCUT2D eigenvalue weighted by Gasteiger charge is 2.38. The summed E-state index contributed by atoms with van der Waals surface area (Å²) in [6.07, 6.45) is -2.98. The fourth-order valence-electron chi connectivity index (χ4n) is 2.58. The number of halogens is 3. The number of thioether (sulfide) groups is 1. The minimum Gasteiger partial charge on any atom is -0.768 e. The van der Waals surface area contributed by atoms with Gasteiger partial charge in [-0.15, -0.1) is 11.8 Å². The minimum absolute atomic E-state index is 0.184. The van der Waals surface area contributed by atoms with Crippen molar-refractivity contribution >= 4 is 39.3 Å². The van der Waals surface area contributed by atoms with Crippen molar-refractivity contribution in [3.8, 4) is 5.75 Å². The summed E-state index contributed by atoms with van der Waals surface area (Å²) in [7, 11) is 0. The third kappa shape index (κ3) is 4.37. The van der Waals surface area contributed by atoms with Gasteiger partial charge in [0.2, 0.25) is 0 Å². The van der Waals surface area contributed by atoms with Crippen LogP contribution >= 0.6 is 11.8 Å². The average Bonchev–Trinajstić information content (AvgIpc) is 2.67. The van der Waals surface area contributed by atoms with Crippen LogP contribution in [0.3, 0.4) is 0 Å². The van der Waals surface area contributed by atoms with Crippen molar-refractivity contribution in [2.24, 2.45) is 5.16 Å². The number of hydrogen-bond donors (Lipinski definition) is 0. The van der Waals surface area contributed by atoms with Gasteiger partial charge in [-0.25, -0.2) is 0 Å². The Bertz CT molecular complexity index is 1050. The van der Waals surface area contributed by atoms with Crippen LogP contribution in [0.2, 0.25) is 0 Å². The van der Waals surface area contributed by atoms with Gasteiger partial charge >= 0.3 is 6.18 Å². The van der Waals surface area contributed by atoms with Crippen LogP contribution in [-0.2, 0) is 11.1 Å². The van der Waals surface area contributed by atoms with Crippen LogP contribution < -0.4 is 4.84 Å². The molecule has 1 atom stereocenters. The highest BCUT2D eigenvalue weighted by atomic mass is 32.2. The van der Waals surface area contributed by atoms with E-state index in [4.69, 9.17) is 4.84 Å². The fourth-order valence-corrected chi connectivity index (χ4v) is 3.62. The van der Waals surface area contributed by atoms with Gasteiger partial charge in [-0.1, -0.05) is 47.6 Å². The van der Waals surface area contributed by atoms with E-state index in [2.05, 4.69) is 5.16 Å². The van der Waals surface area contributed by atoms with Gasteiger partial charge < -0.3 is 9.39 Å². The lowest BCUT2D eigenvalue weighted by Crippen LogP contribution is -2.25. The molecule has 9 heteroatoms. The number of nitrogens with zero attached hydrogens (tertiary/aromatic N) is 1. The summed E-state index contributed by atoms with van der Waals surface area (Å²) >= 11 is -1.34. The van der Waals surface area contributed by atoms with Crippen LogP contribution in [0, 0.1) is 0 Å². The van der Waals surface area contributed by atoms with Crippen LogP contribution in [0.5, 0.6) is 5.75 Å². The van der Waals surface area contributed by atoms with Crippen molar-refractivity contribution in [3.63, 3.8) is 0 Å². The van der Waals surface area contributed by atoms with Gasteiger partial charge in [0.15, 0.2) is 11.5 Å². The van der Waals surface area contributed by atoms with E-state index in [0.717, 1.165) is 4.90 Å². The molecule has 0 spiro atoms. The quantitative estimate of drug-likeness (QED) is 0.246. The molecule has 0 saturated heterocycles. The third-order valence-corrected chi connectivity index (χ3v) is 5.38. The lowest BCUT2D eigenvalue weighted by atomic mass is 10.1. The molecule has 4 nitrogen and oxygen atoms in total. The molecule has 1 unspecified atom stereocenters. The minimum atomic E-state index is -4.78. The molecular formula is C19H13F3NO3S2-. The summed E-state index contributed by atoms with van der Waals surface area (Å²) in [4.78, 5) is 5.52. The molecule has 0 aliphatic heterocycles. The standard InChI is InChI=1S/C19H14F3NO3S2/c1-27-14-9-6-13(7-10-14)18(19(20,21)22)23-26-16-11-8-12-4-2-3-5-15(12)17(16)28(24)25/h2-11H,1H3,(H,24,25)/p-1. The van der Waals surface area contributed by atoms with Gasteiger partial charge in [0.05, 0.1) is 4.90 Å². The number of oxime groups is 1. The Morgan fingerprint density at radius 1 is 1.07 bits per heavy atom. The predicted molar refractivity (Wildman–Crippen MR) is 103 cm³/mol. The molecule has 146 valence electrons. The molecule has 0 radical (unpaired) electrons. The van der Waals surface area contributed by atoms with E-state index in [1.54, 1.807) is 36.6 Å². The topological polar surface area (TPSA) is 61.7 Å². The Morgan fingerprint density at radius 3 is 2.36 bits per heavy atom. The molecule has 0 heterocycles. The molecule has 0 bridgehead atoms. The van der Waals surface area contributed by atoms with Gasteiger partial charge in [-0.2, -0.15) is 13.2 Å². The van der Waals surface area contributed by atoms with Crippen molar-refractivity contribution in [1.82, 2.24) is 0 Å². The number of alkyl halides is 3. The summed E-state index contributed by atoms with van der Waals surface area (Å²) in [5.41, 5.74) is -1.44. The molecule has 3 rings (SSSR count). The normalized spacial score (nSPS) is 13.5. The monoisotopic (exact) mass is 424 g/mol. The maximum absolute atomic E-state index is 13.5. The Labute approximate surface area is 165 Å². The van der Waals surface area contributed by atoms with Crippen LogP contribution in [0.4, 0.5) is 13.2 Å². The molecule has 0 aliphatic rings. The average molecular weight is 424 g/mol. The lowest BCUT2D eigenvalue weighted by molar-refractivity contribution is -0.0598. The summed E-state index contributed by atoms with van der Waals surface area (Å²) in [6, 6.07) is 15.1. The van der Waals surface area contributed by atoms with Crippen molar-refractivity contribution in [2.75, 3.05) is 6.26 Å². The second kappa shape index (κ2) is 8.34. The van der Waals surface area contributed by atoms with Crippen LogP contribution in [-0.4, -0.2) is 26.9 Å². The van der Waals surface area contributed by atoms with Gasteiger partial charge in [0.1, 0.15) is 0 Å². The molecule has 0 amide bonds. The first-order valence-electron chi connectivity index (χ1n) is 7.89. The second-order valence-electron chi connectivity index (χ2n) is 5.61. The summed E-state index contributed by atoms with van der Waals surface area (Å²) < 4.78 is 63.7. The lowest BCUT2D eigenvalue weighted by Gasteiger charge is -2.15. The molecule has 0 fully saturated rings. The highest BCUT2D eigenvalue weighted by Crippen LogP contribution is 2.32. The maximum atomic E-state index is 13.5.